The smallest absolute Gasteiger partial charge is 0.232 e. The van der Waals surface area contributed by atoms with Gasteiger partial charge in [-0.05, 0) is 19.4 Å². The summed E-state index contributed by atoms with van der Waals surface area (Å²) in [5.74, 6) is 0.470. The van der Waals surface area contributed by atoms with Gasteiger partial charge in [-0.2, -0.15) is 0 Å². The van der Waals surface area contributed by atoms with Gasteiger partial charge in [-0.25, -0.2) is 15.0 Å². The Labute approximate surface area is 145 Å². The Morgan fingerprint density at radius 3 is 2.79 bits per heavy atom. The maximum atomic E-state index is 9.06. The Balaban J connectivity index is 1.79. The third-order valence-electron chi connectivity index (χ3n) is 3.63. The van der Waals surface area contributed by atoms with E-state index in [1.807, 2.05) is 6.92 Å². The third kappa shape index (κ3) is 4.11. The van der Waals surface area contributed by atoms with Gasteiger partial charge in [0.1, 0.15) is 11.3 Å². The summed E-state index contributed by atoms with van der Waals surface area (Å²) in [6.07, 6.45) is 5.56. The van der Waals surface area contributed by atoms with Crippen molar-refractivity contribution < 1.29 is 14.6 Å². The normalized spacial score (nSPS) is 15.6. The number of hydrogen-bond donors (Lipinski definition) is 2. The fraction of sp³-hybridized carbons (Fsp3) is 0.438. The number of rotatable bonds is 7. The molecule has 2 aromatic rings. The second-order valence-corrected chi connectivity index (χ2v) is 6.01. The summed E-state index contributed by atoms with van der Waals surface area (Å²) in [5.41, 5.74) is 2.25. The summed E-state index contributed by atoms with van der Waals surface area (Å²) in [5, 5.41) is 12.8. The van der Waals surface area contributed by atoms with Crippen LogP contribution in [0.2, 0.25) is 5.15 Å². The fourth-order valence-electron chi connectivity index (χ4n) is 2.25. The first-order valence-electron chi connectivity index (χ1n) is 7.75. The van der Waals surface area contributed by atoms with Gasteiger partial charge in [-0.15, -0.1) is 0 Å². The molecule has 3 rings (SSSR count). The molecule has 0 amide bonds. The van der Waals surface area contributed by atoms with Gasteiger partial charge in [0.2, 0.25) is 5.88 Å². The average molecular weight is 351 g/mol. The maximum absolute atomic E-state index is 9.06. The highest BCUT2D eigenvalue weighted by atomic mass is 35.5. The van der Waals surface area contributed by atoms with Gasteiger partial charge in [-0.3, -0.25) is 0 Å². The highest BCUT2D eigenvalue weighted by molar-refractivity contribution is 6.29. The predicted molar refractivity (Wildman–Crippen MR) is 90.3 cm³/mol. The first-order valence-corrected chi connectivity index (χ1v) is 8.13. The maximum Gasteiger partial charge on any atom is 0.232 e. The van der Waals surface area contributed by atoms with Crippen LogP contribution < -0.4 is 10.1 Å². The molecular weight excluding hydrogens is 332 g/mol. The lowest BCUT2D eigenvalue weighted by Crippen LogP contribution is -2.38. The molecule has 1 saturated heterocycles. The summed E-state index contributed by atoms with van der Waals surface area (Å²) in [7, 11) is 0. The van der Waals surface area contributed by atoms with Gasteiger partial charge >= 0.3 is 0 Å². The molecule has 1 aliphatic heterocycles. The molecule has 3 heterocycles. The number of ether oxygens (including phenoxy) is 2. The molecule has 0 aliphatic carbocycles. The van der Waals surface area contributed by atoms with Crippen LogP contribution in [0.1, 0.15) is 13.3 Å². The molecule has 7 nitrogen and oxygen atoms in total. The molecule has 24 heavy (non-hydrogen) atoms. The van der Waals surface area contributed by atoms with Crippen LogP contribution >= 0.6 is 11.6 Å². The third-order valence-corrected chi connectivity index (χ3v) is 3.84. The van der Waals surface area contributed by atoms with Crippen molar-refractivity contribution in [3.8, 4) is 17.1 Å². The van der Waals surface area contributed by atoms with Crippen molar-refractivity contribution in [1.29, 1.82) is 0 Å². The van der Waals surface area contributed by atoms with E-state index in [9.17, 15) is 0 Å². The minimum atomic E-state index is 0.0545. The van der Waals surface area contributed by atoms with Crippen LogP contribution in [0.15, 0.2) is 24.7 Å². The highest BCUT2D eigenvalue weighted by Gasteiger charge is 2.21. The Kier molecular flexibility index (Phi) is 5.44. The topological polar surface area (TPSA) is 89.4 Å². The fourth-order valence-corrected chi connectivity index (χ4v) is 2.41. The van der Waals surface area contributed by atoms with Crippen LogP contribution in [-0.4, -0.2) is 52.0 Å². The standard InChI is InChI=1S/C16H19ClN4O3/c1-10(2-3-22)21-13-4-15(17)19-5-12(13)14-6-20-16(7-18-14)24-11-8-23-9-11/h4-7,10-11,22H,2-3,8-9H2,1H3,(H,19,21)/t10-/m0/s1. The molecule has 0 aromatic carbocycles. The molecule has 0 bridgehead atoms. The molecule has 0 unspecified atom stereocenters. The molecule has 2 aromatic heterocycles. The first kappa shape index (κ1) is 16.9. The van der Waals surface area contributed by atoms with E-state index in [0.29, 0.717) is 36.4 Å². The molecule has 0 saturated carbocycles. The number of aliphatic hydroxyl groups is 1. The van der Waals surface area contributed by atoms with Crippen molar-refractivity contribution in [2.75, 3.05) is 25.1 Å². The molecule has 0 spiro atoms. The summed E-state index contributed by atoms with van der Waals surface area (Å²) in [6, 6.07) is 1.82. The van der Waals surface area contributed by atoms with E-state index in [4.69, 9.17) is 26.2 Å². The van der Waals surface area contributed by atoms with Crippen molar-refractivity contribution in [2.45, 2.75) is 25.5 Å². The lowest BCUT2D eigenvalue weighted by atomic mass is 10.1. The number of aromatic nitrogens is 3. The van der Waals surface area contributed by atoms with Gasteiger partial charge in [0.05, 0.1) is 31.3 Å². The molecule has 8 heteroatoms. The van der Waals surface area contributed by atoms with Crippen LogP contribution in [0.4, 0.5) is 5.69 Å². The monoisotopic (exact) mass is 350 g/mol. The second-order valence-electron chi connectivity index (χ2n) is 5.63. The molecular formula is C16H19ClN4O3. The van der Waals surface area contributed by atoms with Gasteiger partial charge in [0.15, 0.2) is 0 Å². The van der Waals surface area contributed by atoms with Crippen LogP contribution in [0.5, 0.6) is 5.88 Å². The van der Waals surface area contributed by atoms with Crippen molar-refractivity contribution in [3.63, 3.8) is 0 Å². The predicted octanol–water partition coefficient (Wildman–Crippen LogP) is 2.15. The number of pyridine rings is 1. The van der Waals surface area contributed by atoms with Gasteiger partial charge in [0, 0.05) is 30.1 Å². The van der Waals surface area contributed by atoms with Gasteiger partial charge < -0.3 is 19.9 Å². The first-order chi connectivity index (χ1) is 11.7. The Morgan fingerprint density at radius 1 is 1.33 bits per heavy atom. The molecule has 1 atom stereocenters. The van der Waals surface area contributed by atoms with Crippen LogP contribution in [0, 0.1) is 0 Å². The number of aliphatic hydroxyl groups excluding tert-OH is 1. The zero-order valence-electron chi connectivity index (χ0n) is 13.3. The average Bonchev–Trinajstić information content (AvgIpc) is 2.52. The number of halogens is 1. The van der Waals surface area contributed by atoms with E-state index >= 15 is 0 Å². The highest BCUT2D eigenvalue weighted by Crippen LogP contribution is 2.29. The largest absolute Gasteiger partial charge is 0.468 e. The van der Waals surface area contributed by atoms with E-state index in [-0.39, 0.29) is 18.8 Å². The van der Waals surface area contributed by atoms with Gasteiger partial charge in [-0.1, -0.05) is 11.6 Å². The Morgan fingerprint density at radius 2 is 2.17 bits per heavy atom. The van der Waals surface area contributed by atoms with E-state index in [0.717, 1.165) is 11.3 Å². The molecule has 1 aliphatic rings. The summed E-state index contributed by atoms with van der Waals surface area (Å²) >= 11 is 6.00. The molecule has 1 fully saturated rings. The van der Waals surface area contributed by atoms with Crippen LogP contribution in [-0.2, 0) is 4.74 Å². The quantitative estimate of drug-likeness (QED) is 0.739. The SMILES string of the molecule is C[C@@H](CCO)Nc1cc(Cl)ncc1-c1cnc(OC2COC2)cn1. The number of nitrogens with zero attached hydrogens (tertiary/aromatic N) is 3. The zero-order chi connectivity index (χ0) is 16.9. The van der Waals surface area contributed by atoms with Crippen molar-refractivity contribution in [2.24, 2.45) is 0 Å². The van der Waals surface area contributed by atoms with E-state index in [1.54, 1.807) is 24.7 Å². The van der Waals surface area contributed by atoms with Crippen molar-refractivity contribution in [3.05, 3.63) is 29.8 Å². The van der Waals surface area contributed by atoms with Crippen LogP contribution in [0.3, 0.4) is 0 Å². The minimum absolute atomic E-state index is 0.0545. The van der Waals surface area contributed by atoms with Crippen molar-refractivity contribution in [1.82, 2.24) is 15.0 Å². The molecule has 2 N–H and O–H groups in total. The Hall–Kier alpha value is -1.96. The zero-order valence-corrected chi connectivity index (χ0v) is 14.0. The summed E-state index contributed by atoms with van der Waals surface area (Å²) < 4.78 is 10.7. The molecule has 0 radical (unpaired) electrons. The van der Waals surface area contributed by atoms with E-state index < -0.39 is 0 Å². The summed E-state index contributed by atoms with van der Waals surface area (Å²) in [4.78, 5) is 12.8. The Bertz CT molecular complexity index is 680. The molecule has 128 valence electrons. The van der Waals surface area contributed by atoms with E-state index in [1.165, 1.54) is 0 Å². The van der Waals surface area contributed by atoms with Gasteiger partial charge in [0.25, 0.3) is 0 Å². The van der Waals surface area contributed by atoms with E-state index in [2.05, 4.69) is 20.3 Å². The van der Waals surface area contributed by atoms with Crippen LogP contribution in [0.25, 0.3) is 11.3 Å². The number of anilines is 1. The number of nitrogens with one attached hydrogen (secondary N) is 1. The number of hydrogen-bond acceptors (Lipinski definition) is 7. The lowest BCUT2D eigenvalue weighted by Gasteiger charge is -2.25. The minimum Gasteiger partial charge on any atom is -0.468 e. The lowest BCUT2D eigenvalue weighted by molar-refractivity contribution is -0.0814. The second kappa shape index (κ2) is 7.74. The van der Waals surface area contributed by atoms with Crippen molar-refractivity contribution >= 4 is 17.3 Å². The summed E-state index contributed by atoms with van der Waals surface area (Å²) in [6.45, 7) is 3.26.